The van der Waals surface area contributed by atoms with Gasteiger partial charge in [0.15, 0.2) is 5.13 Å². The Morgan fingerprint density at radius 3 is 2.78 bits per heavy atom. The molecule has 0 atom stereocenters. The van der Waals surface area contributed by atoms with Crippen LogP contribution in [0.15, 0.2) is 36.4 Å². The largest absolute Gasteiger partial charge is 0.348 e. The summed E-state index contributed by atoms with van der Waals surface area (Å²) in [4.78, 5) is 19.5. The zero-order chi connectivity index (χ0) is 19.0. The molecule has 27 heavy (non-hydrogen) atoms. The Balaban J connectivity index is 1.40. The van der Waals surface area contributed by atoms with E-state index in [1.165, 1.54) is 29.0 Å². The Morgan fingerprint density at radius 2 is 2.00 bits per heavy atom. The molecule has 0 unspecified atom stereocenters. The highest BCUT2D eigenvalue weighted by atomic mass is 32.1. The van der Waals surface area contributed by atoms with Gasteiger partial charge in [-0.2, -0.15) is 0 Å². The molecule has 1 fully saturated rings. The number of aromatic nitrogens is 1. The number of carbonyl (C=O) groups excluding carboxylic acids is 1. The van der Waals surface area contributed by atoms with E-state index in [2.05, 4.69) is 15.2 Å². The number of hydrogen-bond donors (Lipinski definition) is 1. The summed E-state index contributed by atoms with van der Waals surface area (Å²) in [6.45, 7) is 5.65. The number of fused-ring (bicyclic) bond motifs is 1. The minimum absolute atomic E-state index is 0.00739. The summed E-state index contributed by atoms with van der Waals surface area (Å²) in [7, 11) is 0. The maximum atomic E-state index is 13.4. The fraction of sp³-hybridized carbons (Fsp3) is 0.333. The Hall–Kier alpha value is -2.47. The molecule has 1 amide bonds. The smallest absolute Gasteiger partial charge is 0.227 e. The molecule has 1 N–H and O–H groups in total. The van der Waals surface area contributed by atoms with Crippen molar-refractivity contribution in [2.24, 2.45) is 5.92 Å². The van der Waals surface area contributed by atoms with Crippen LogP contribution in [0.1, 0.15) is 24.0 Å². The fourth-order valence-electron chi connectivity index (χ4n) is 3.48. The lowest BCUT2D eigenvalue weighted by atomic mass is 9.96. The van der Waals surface area contributed by atoms with Crippen LogP contribution in [0.2, 0.25) is 0 Å². The predicted molar refractivity (Wildman–Crippen MR) is 109 cm³/mol. The molecule has 4 rings (SSSR count). The molecule has 4 nitrogen and oxygen atoms in total. The first-order chi connectivity index (χ1) is 13.0. The van der Waals surface area contributed by atoms with Gasteiger partial charge < -0.3 is 10.2 Å². The molecule has 3 aromatic rings. The minimum atomic E-state index is -0.237. The van der Waals surface area contributed by atoms with Crippen molar-refractivity contribution < 1.29 is 9.18 Å². The van der Waals surface area contributed by atoms with Crippen molar-refractivity contribution >= 4 is 38.3 Å². The van der Waals surface area contributed by atoms with Crippen LogP contribution in [0.5, 0.6) is 0 Å². The van der Waals surface area contributed by atoms with Crippen LogP contribution in [0, 0.1) is 25.6 Å². The van der Waals surface area contributed by atoms with Gasteiger partial charge in [-0.15, -0.1) is 0 Å². The summed E-state index contributed by atoms with van der Waals surface area (Å²) in [5, 5.41) is 4.00. The third-order valence-electron chi connectivity index (χ3n) is 5.34. The maximum absolute atomic E-state index is 13.4. The number of thiazole rings is 1. The summed E-state index contributed by atoms with van der Waals surface area (Å²) in [5.74, 6) is -0.137. The third-order valence-corrected chi connectivity index (χ3v) is 6.42. The number of anilines is 2. The zero-order valence-electron chi connectivity index (χ0n) is 15.5. The van der Waals surface area contributed by atoms with E-state index < -0.39 is 0 Å². The number of halogens is 1. The molecule has 2 heterocycles. The maximum Gasteiger partial charge on any atom is 0.227 e. The molecule has 1 aromatic heterocycles. The van der Waals surface area contributed by atoms with Crippen LogP contribution in [0.4, 0.5) is 15.2 Å². The molecule has 1 saturated heterocycles. The van der Waals surface area contributed by atoms with E-state index >= 15 is 0 Å². The van der Waals surface area contributed by atoms with Crippen LogP contribution in [-0.4, -0.2) is 24.0 Å². The van der Waals surface area contributed by atoms with Crippen molar-refractivity contribution in [2.75, 3.05) is 23.3 Å². The SMILES string of the molecule is Cc1cccc(NC(=O)C2CCN(c3nc4ccc(F)cc4s3)CC2)c1C. The average molecular weight is 383 g/mol. The normalized spacial score (nSPS) is 15.3. The van der Waals surface area contributed by atoms with Crippen molar-refractivity contribution in [2.45, 2.75) is 26.7 Å². The predicted octanol–water partition coefficient (Wildman–Crippen LogP) is 4.91. The van der Waals surface area contributed by atoms with E-state index in [1.807, 2.05) is 32.0 Å². The molecular formula is C21H22FN3OS. The first-order valence-corrected chi connectivity index (χ1v) is 10.0. The quantitative estimate of drug-likeness (QED) is 0.699. The number of benzene rings is 2. The summed E-state index contributed by atoms with van der Waals surface area (Å²) in [5.41, 5.74) is 4.02. The van der Waals surface area contributed by atoms with Gasteiger partial charge in [0, 0.05) is 24.7 Å². The molecule has 2 aromatic carbocycles. The van der Waals surface area contributed by atoms with Crippen LogP contribution in [0.25, 0.3) is 10.2 Å². The van der Waals surface area contributed by atoms with Gasteiger partial charge in [-0.25, -0.2) is 9.37 Å². The van der Waals surface area contributed by atoms with Gasteiger partial charge >= 0.3 is 0 Å². The standard InChI is InChI=1S/C21H22FN3OS/c1-13-4-3-5-17(14(13)2)23-20(26)15-8-10-25(11-9-15)21-24-18-7-6-16(22)12-19(18)27-21/h3-7,12,15H,8-11H2,1-2H3,(H,23,26). The molecule has 0 bridgehead atoms. The van der Waals surface area contributed by atoms with E-state index in [4.69, 9.17) is 0 Å². The highest BCUT2D eigenvalue weighted by Crippen LogP contribution is 2.32. The molecule has 1 aliphatic heterocycles. The Labute approximate surface area is 162 Å². The van der Waals surface area contributed by atoms with Gasteiger partial charge in [0.25, 0.3) is 0 Å². The van der Waals surface area contributed by atoms with Crippen molar-refractivity contribution in [3.05, 3.63) is 53.3 Å². The highest BCUT2D eigenvalue weighted by Gasteiger charge is 2.26. The number of rotatable bonds is 3. The number of hydrogen-bond acceptors (Lipinski definition) is 4. The topological polar surface area (TPSA) is 45.2 Å². The first-order valence-electron chi connectivity index (χ1n) is 9.19. The Bertz CT molecular complexity index is 992. The van der Waals surface area contributed by atoms with Crippen LogP contribution >= 0.6 is 11.3 Å². The Kier molecular flexibility index (Phi) is 4.83. The Morgan fingerprint density at radius 1 is 1.22 bits per heavy atom. The van der Waals surface area contributed by atoms with Gasteiger partial charge in [0.1, 0.15) is 5.82 Å². The van der Waals surface area contributed by atoms with Gasteiger partial charge in [0.05, 0.1) is 10.2 Å². The molecule has 0 aliphatic carbocycles. The van der Waals surface area contributed by atoms with Crippen LogP contribution in [0.3, 0.4) is 0 Å². The molecule has 1 aliphatic rings. The number of nitrogens with zero attached hydrogens (tertiary/aromatic N) is 2. The minimum Gasteiger partial charge on any atom is -0.348 e. The lowest BCUT2D eigenvalue weighted by molar-refractivity contribution is -0.120. The number of aryl methyl sites for hydroxylation is 1. The van der Waals surface area contributed by atoms with Crippen molar-refractivity contribution in [1.82, 2.24) is 4.98 Å². The number of carbonyl (C=O) groups is 1. The lowest BCUT2D eigenvalue weighted by Gasteiger charge is -2.31. The second-order valence-corrected chi connectivity index (χ2v) is 8.12. The monoisotopic (exact) mass is 383 g/mol. The average Bonchev–Trinajstić information content (AvgIpc) is 3.08. The number of nitrogens with one attached hydrogen (secondary N) is 1. The van der Waals surface area contributed by atoms with E-state index in [9.17, 15) is 9.18 Å². The fourth-order valence-corrected chi connectivity index (χ4v) is 4.52. The summed E-state index contributed by atoms with van der Waals surface area (Å²) in [6, 6.07) is 10.7. The summed E-state index contributed by atoms with van der Waals surface area (Å²) < 4.78 is 14.2. The second kappa shape index (κ2) is 7.27. The molecule has 0 saturated carbocycles. The van der Waals surface area contributed by atoms with Crippen molar-refractivity contribution in [3.8, 4) is 0 Å². The lowest BCUT2D eigenvalue weighted by Crippen LogP contribution is -2.38. The van der Waals surface area contributed by atoms with E-state index in [-0.39, 0.29) is 17.6 Å². The number of amides is 1. The number of piperidine rings is 1. The van der Waals surface area contributed by atoms with Crippen LogP contribution in [-0.2, 0) is 4.79 Å². The zero-order valence-corrected chi connectivity index (χ0v) is 16.3. The van der Waals surface area contributed by atoms with Crippen LogP contribution < -0.4 is 10.2 Å². The van der Waals surface area contributed by atoms with Crippen molar-refractivity contribution in [1.29, 1.82) is 0 Å². The molecule has 140 valence electrons. The van der Waals surface area contributed by atoms with E-state index in [0.717, 1.165) is 52.5 Å². The van der Waals surface area contributed by atoms with E-state index in [0.29, 0.717) is 0 Å². The first kappa shape index (κ1) is 17.9. The summed E-state index contributed by atoms with van der Waals surface area (Å²) in [6.07, 6.45) is 1.59. The third kappa shape index (κ3) is 3.67. The van der Waals surface area contributed by atoms with E-state index in [1.54, 1.807) is 6.07 Å². The van der Waals surface area contributed by atoms with Crippen molar-refractivity contribution in [3.63, 3.8) is 0 Å². The van der Waals surface area contributed by atoms with Gasteiger partial charge in [-0.05, 0) is 62.1 Å². The molecule has 6 heteroatoms. The van der Waals surface area contributed by atoms with Gasteiger partial charge in [-0.1, -0.05) is 23.5 Å². The second-order valence-electron chi connectivity index (χ2n) is 7.11. The molecular weight excluding hydrogens is 361 g/mol. The highest BCUT2D eigenvalue weighted by molar-refractivity contribution is 7.22. The molecule has 0 spiro atoms. The summed E-state index contributed by atoms with van der Waals surface area (Å²) >= 11 is 1.51. The van der Waals surface area contributed by atoms with Gasteiger partial charge in [0.2, 0.25) is 5.91 Å². The van der Waals surface area contributed by atoms with Gasteiger partial charge in [-0.3, -0.25) is 4.79 Å². The molecule has 0 radical (unpaired) electrons.